The minimum Gasteiger partial charge on any atom is -0.377 e. The van der Waals surface area contributed by atoms with Crippen LogP contribution >= 0.6 is 0 Å². The van der Waals surface area contributed by atoms with E-state index in [1.165, 1.54) is 12.1 Å². The van der Waals surface area contributed by atoms with Gasteiger partial charge in [0.2, 0.25) is 0 Å². The van der Waals surface area contributed by atoms with Gasteiger partial charge in [0.1, 0.15) is 0 Å². The van der Waals surface area contributed by atoms with Crippen LogP contribution in [0.1, 0.15) is 29.8 Å². The highest BCUT2D eigenvalue weighted by molar-refractivity contribution is 7.92. The van der Waals surface area contributed by atoms with Crippen molar-refractivity contribution in [3.05, 3.63) is 65.9 Å². The van der Waals surface area contributed by atoms with Gasteiger partial charge in [-0.1, -0.05) is 18.2 Å². The smallest absolute Gasteiger partial charge is 0.254 e. The molecule has 0 saturated carbocycles. The second-order valence-corrected chi connectivity index (χ2v) is 10.4. The van der Waals surface area contributed by atoms with E-state index in [0.29, 0.717) is 31.7 Å². The van der Waals surface area contributed by atoms with E-state index in [-0.39, 0.29) is 16.8 Å². The van der Waals surface area contributed by atoms with Crippen LogP contribution in [0, 0.1) is 0 Å². The Bertz CT molecular complexity index is 1150. The summed E-state index contributed by atoms with van der Waals surface area (Å²) in [6, 6.07) is 14.3. The van der Waals surface area contributed by atoms with Crippen LogP contribution in [0.3, 0.4) is 0 Å². The Morgan fingerprint density at radius 2 is 1.90 bits per heavy atom. The number of hydrogen-bond acceptors (Lipinski definition) is 4. The zero-order chi connectivity index (χ0) is 21.3. The highest BCUT2D eigenvalue weighted by atomic mass is 32.2. The molecular weight excluding hydrogens is 400 g/mol. The van der Waals surface area contributed by atoms with E-state index in [9.17, 15) is 13.2 Å². The van der Waals surface area contributed by atoms with Gasteiger partial charge in [-0.15, -0.1) is 0 Å². The first kappa shape index (κ1) is 20.6. The van der Waals surface area contributed by atoms with Crippen LogP contribution in [0.5, 0.6) is 0 Å². The summed E-state index contributed by atoms with van der Waals surface area (Å²) in [4.78, 5) is 18.6. The largest absolute Gasteiger partial charge is 0.377 e. The van der Waals surface area contributed by atoms with Gasteiger partial charge in [0.05, 0.1) is 29.4 Å². The predicted molar refractivity (Wildman–Crippen MR) is 116 cm³/mol. The number of para-hydroxylation sites is 1. The average molecular weight is 427 g/mol. The molecule has 3 aromatic rings. The molecule has 7 heteroatoms. The number of carbonyl (C=O) groups is 1. The number of amides is 1. The number of benzene rings is 2. The zero-order valence-electron chi connectivity index (χ0n) is 17.2. The Hall–Kier alpha value is -2.64. The Morgan fingerprint density at radius 1 is 1.17 bits per heavy atom. The van der Waals surface area contributed by atoms with Crippen LogP contribution in [0.2, 0.25) is 0 Å². The van der Waals surface area contributed by atoms with Crippen LogP contribution in [0.15, 0.2) is 59.6 Å². The first-order valence-electron chi connectivity index (χ1n) is 10.2. The van der Waals surface area contributed by atoms with Crippen molar-refractivity contribution >= 4 is 26.6 Å². The maximum Gasteiger partial charge on any atom is 0.254 e. The Kier molecular flexibility index (Phi) is 5.66. The minimum absolute atomic E-state index is 0.0791. The van der Waals surface area contributed by atoms with Crippen molar-refractivity contribution in [1.29, 1.82) is 0 Å². The molecule has 0 bridgehead atoms. The zero-order valence-corrected chi connectivity index (χ0v) is 18.0. The number of morpholine rings is 1. The van der Waals surface area contributed by atoms with Gasteiger partial charge < -0.3 is 14.6 Å². The number of hydrogen-bond donors (Lipinski definition) is 1. The molecule has 30 heavy (non-hydrogen) atoms. The monoisotopic (exact) mass is 426 g/mol. The van der Waals surface area contributed by atoms with Crippen molar-refractivity contribution in [3.8, 4) is 0 Å². The van der Waals surface area contributed by atoms with Gasteiger partial charge in [0, 0.05) is 29.2 Å². The minimum atomic E-state index is -3.36. The molecule has 1 fully saturated rings. The van der Waals surface area contributed by atoms with Crippen LogP contribution < -0.4 is 0 Å². The van der Waals surface area contributed by atoms with Crippen LogP contribution in [-0.4, -0.2) is 55.3 Å². The molecule has 0 spiro atoms. The first-order chi connectivity index (χ1) is 14.4. The lowest BCUT2D eigenvalue weighted by molar-refractivity contribution is -0.00156. The molecule has 2 heterocycles. The molecule has 1 atom stereocenters. The van der Waals surface area contributed by atoms with Gasteiger partial charge in [0.25, 0.3) is 5.91 Å². The maximum atomic E-state index is 13.2. The summed E-state index contributed by atoms with van der Waals surface area (Å²) in [5.41, 5.74) is 2.71. The number of sulfone groups is 1. The quantitative estimate of drug-likeness (QED) is 0.678. The van der Waals surface area contributed by atoms with Crippen molar-refractivity contribution < 1.29 is 17.9 Å². The van der Waals surface area contributed by atoms with Gasteiger partial charge in [-0.3, -0.25) is 4.79 Å². The molecule has 1 N–H and O–H groups in total. The van der Waals surface area contributed by atoms with Gasteiger partial charge in [0.15, 0.2) is 9.84 Å². The summed E-state index contributed by atoms with van der Waals surface area (Å²) in [7, 11) is -3.36. The van der Waals surface area contributed by atoms with Crippen molar-refractivity contribution in [2.24, 2.45) is 0 Å². The number of nitrogens with one attached hydrogen (secondary N) is 1. The lowest BCUT2D eigenvalue weighted by atomic mass is 10.0. The second kappa shape index (κ2) is 8.24. The number of ether oxygens (including phenoxy) is 1. The summed E-state index contributed by atoms with van der Waals surface area (Å²) in [6.07, 6.45) is 2.68. The second-order valence-electron chi connectivity index (χ2n) is 7.91. The van der Waals surface area contributed by atoms with E-state index >= 15 is 0 Å². The molecule has 6 nitrogen and oxygen atoms in total. The molecule has 0 unspecified atom stereocenters. The molecule has 1 aromatic heterocycles. The fourth-order valence-corrected chi connectivity index (χ4v) is 4.93. The molecule has 2 aromatic carbocycles. The maximum absolute atomic E-state index is 13.2. The van der Waals surface area contributed by atoms with Crippen LogP contribution in [0.4, 0.5) is 0 Å². The fourth-order valence-electron chi connectivity index (χ4n) is 3.87. The van der Waals surface area contributed by atoms with E-state index in [0.717, 1.165) is 16.5 Å². The molecule has 4 rings (SSSR count). The number of aromatic amines is 1. The summed E-state index contributed by atoms with van der Waals surface area (Å²) >= 11 is 0. The third kappa shape index (κ3) is 3.87. The normalized spacial score (nSPS) is 17.6. The Morgan fingerprint density at radius 3 is 2.63 bits per heavy atom. The predicted octanol–water partition coefficient (Wildman–Crippen LogP) is 3.43. The third-order valence-corrected chi connectivity index (χ3v) is 7.84. The highest BCUT2D eigenvalue weighted by Crippen LogP contribution is 2.23. The lowest BCUT2D eigenvalue weighted by Gasteiger charge is -2.35. The van der Waals surface area contributed by atoms with Crippen molar-refractivity contribution in [1.82, 2.24) is 9.88 Å². The molecule has 1 aliphatic rings. The third-order valence-electron chi connectivity index (χ3n) is 5.67. The van der Waals surface area contributed by atoms with Gasteiger partial charge in [-0.2, -0.15) is 0 Å². The van der Waals surface area contributed by atoms with E-state index < -0.39 is 15.1 Å². The summed E-state index contributed by atoms with van der Waals surface area (Å²) in [5, 5.41) is 0.651. The molecule has 158 valence electrons. The number of nitrogens with zero attached hydrogens (tertiary/aromatic N) is 1. The number of carbonyl (C=O) groups excluding carboxylic acids is 1. The van der Waals surface area contributed by atoms with Crippen molar-refractivity contribution in [3.63, 3.8) is 0 Å². The van der Waals surface area contributed by atoms with Gasteiger partial charge in [-0.25, -0.2) is 8.42 Å². The number of aromatic nitrogens is 1. The van der Waals surface area contributed by atoms with E-state index in [1.807, 2.05) is 29.3 Å². The van der Waals surface area contributed by atoms with Crippen LogP contribution in [-0.2, 0) is 21.0 Å². The topological polar surface area (TPSA) is 79.5 Å². The average Bonchev–Trinajstić information content (AvgIpc) is 3.16. The van der Waals surface area contributed by atoms with Crippen molar-refractivity contribution in [2.75, 3.05) is 19.8 Å². The summed E-state index contributed by atoms with van der Waals surface area (Å²) in [6.45, 7) is 4.79. The first-order valence-corrected chi connectivity index (χ1v) is 11.7. The molecule has 0 radical (unpaired) electrons. The van der Waals surface area contributed by atoms with E-state index in [4.69, 9.17) is 4.74 Å². The van der Waals surface area contributed by atoms with Crippen molar-refractivity contribution in [2.45, 2.75) is 36.5 Å². The molecular formula is C23H26N2O4S. The number of H-pyrrole nitrogens is 1. The summed E-state index contributed by atoms with van der Waals surface area (Å²) in [5.74, 6) is -0.100. The Balaban J connectivity index is 1.56. The fraction of sp³-hybridized carbons (Fsp3) is 0.348. The summed E-state index contributed by atoms with van der Waals surface area (Å²) < 4.78 is 30.3. The highest BCUT2D eigenvalue weighted by Gasteiger charge is 2.29. The molecule has 1 amide bonds. The number of rotatable bonds is 5. The standard InChI is InChI=1S/C23H26N2O4S/c1-16(2)30(27,28)20-9-7-17(8-10-20)23(26)25-11-12-29-15-19(25)13-18-14-24-22-6-4-3-5-21(18)22/h3-10,14,16,19,24H,11-13,15H2,1-2H3/t19-/m0/s1. The van der Waals surface area contributed by atoms with Gasteiger partial charge >= 0.3 is 0 Å². The molecule has 1 saturated heterocycles. The van der Waals surface area contributed by atoms with E-state index in [1.54, 1.807) is 26.0 Å². The SMILES string of the molecule is CC(C)S(=O)(=O)c1ccc(C(=O)N2CCOC[C@@H]2Cc2c[nH]c3ccccc23)cc1. The van der Waals surface area contributed by atoms with Gasteiger partial charge in [-0.05, 0) is 56.2 Å². The van der Waals surface area contributed by atoms with E-state index in [2.05, 4.69) is 11.1 Å². The van der Waals surface area contributed by atoms with Crippen LogP contribution in [0.25, 0.3) is 10.9 Å². The molecule has 0 aliphatic carbocycles. The lowest BCUT2D eigenvalue weighted by Crippen LogP contribution is -2.49. The Labute approximate surface area is 176 Å². The number of fused-ring (bicyclic) bond motifs is 1. The molecule has 1 aliphatic heterocycles.